The second kappa shape index (κ2) is 6.61. The number of para-hydroxylation sites is 2. The van der Waals surface area contributed by atoms with Crippen molar-refractivity contribution in [2.45, 2.75) is 13.0 Å². The predicted octanol–water partition coefficient (Wildman–Crippen LogP) is 1.38. The Labute approximate surface area is 120 Å². The normalized spacial score (nSPS) is 16.9. The number of anilines is 1. The second-order valence-electron chi connectivity index (χ2n) is 4.86. The first-order chi connectivity index (χ1) is 9.67. The Morgan fingerprint density at radius 1 is 1.15 bits per heavy atom. The summed E-state index contributed by atoms with van der Waals surface area (Å²) in [6.07, 6.45) is -0.368. The summed E-state index contributed by atoms with van der Waals surface area (Å²) in [5, 5.41) is 0. The number of methoxy groups -OCH3 is 2. The fourth-order valence-corrected chi connectivity index (χ4v) is 2.42. The minimum Gasteiger partial charge on any atom is -0.495 e. The van der Waals surface area contributed by atoms with Crippen LogP contribution >= 0.6 is 0 Å². The molecule has 1 unspecified atom stereocenters. The average molecular weight is 278 g/mol. The molecule has 1 saturated heterocycles. The van der Waals surface area contributed by atoms with Crippen LogP contribution in [-0.4, -0.2) is 57.3 Å². The highest BCUT2D eigenvalue weighted by molar-refractivity contribution is 5.80. The van der Waals surface area contributed by atoms with Gasteiger partial charge in [-0.15, -0.1) is 0 Å². The van der Waals surface area contributed by atoms with Gasteiger partial charge in [0, 0.05) is 33.3 Å². The van der Waals surface area contributed by atoms with E-state index in [1.807, 2.05) is 29.2 Å². The molecule has 1 aliphatic heterocycles. The molecule has 1 fully saturated rings. The van der Waals surface area contributed by atoms with Gasteiger partial charge < -0.3 is 19.3 Å². The topological polar surface area (TPSA) is 42.0 Å². The van der Waals surface area contributed by atoms with Gasteiger partial charge in [-0.1, -0.05) is 12.1 Å². The summed E-state index contributed by atoms with van der Waals surface area (Å²) < 4.78 is 10.5. The Balaban J connectivity index is 1.99. The minimum absolute atomic E-state index is 0.0622. The van der Waals surface area contributed by atoms with Crippen LogP contribution in [0.25, 0.3) is 0 Å². The molecule has 0 aliphatic carbocycles. The van der Waals surface area contributed by atoms with Crippen molar-refractivity contribution >= 4 is 11.6 Å². The van der Waals surface area contributed by atoms with E-state index in [1.165, 1.54) is 0 Å². The molecule has 20 heavy (non-hydrogen) atoms. The summed E-state index contributed by atoms with van der Waals surface area (Å²) in [6, 6.07) is 7.97. The SMILES string of the molecule is COc1ccccc1N1CCN(C(=O)C(C)OC)CC1. The van der Waals surface area contributed by atoms with Gasteiger partial charge in [-0.3, -0.25) is 4.79 Å². The van der Waals surface area contributed by atoms with E-state index >= 15 is 0 Å². The quantitative estimate of drug-likeness (QED) is 0.834. The summed E-state index contributed by atoms with van der Waals surface area (Å²) in [6.45, 7) is 4.83. The van der Waals surface area contributed by atoms with Crippen LogP contribution in [-0.2, 0) is 9.53 Å². The highest BCUT2D eigenvalue weighted by atomic mass is 16.5. The van der Waals surface area contributed by atoms with Crippen molar-refractivity contribution in [1.29, 1.82) is 0 Å². The molecule has 0 N–H and O–H groups in total. The molecular formula is C15H22N2O3. The van der Waals surface area contributed by atoms with E-state index in [9.17, 15) is 4.79 Å². The summed E-state index contributed by atoms with van der Waals surface area (Å²) in [4.78, 5) is 16.2. The molecule has 1 aliphatic rings. The summed E-state index contributed by atoms with van der Waals surface area (Å²) in [7, 11) is 3.24. The highest BCUT2D eigenvalue weighted by Gasteiger charge is 2.25. The van der Waals surface area contributed by atoms with Crippen LogP contribution in [0, 0.1) is 0 Å². The van der Waals surface area contributed by atoms with Gasteiger partial charge in [0.1, 0.15) is 11.9 Å². The first kappa shape index (κ1) is 14.7. The largest absolute Gasteiger partial charge is 0.495 e. The van der Waals surface area contributed by atoms with Gasteiger partial charge in [0.05, 0.1) is 12.8 Å². The first-order valence-corrected chi connectivity index (χ1v) is 6.87. The molecule has 110 valence electrons. The molecule has 0 aromatic heterocycles. The number of piperazine rings is 1. The Kier molecular flexibility index (Phi) is 4.84. The fourth-order valence-electron chi connectivity index (χ4n) is 2.42. The lowest BCUT2D eigenvalue weighted by Gasteiger charge is -2.37. The molecule has 0 saturated carbocycles. The Morgan fingerprint density at radius 2 is 1.80 bits per heavy atom. The van der Waals surface area contributed by atoms with Crippen molar-refractivity contribution in [2.24, 2.45) is 0 Å². The average Bonchev–Trinajstić information content (AvgIpc) is 2.53. The third-order valence-corrected chi connectivity index (χ3v) is 3.72. The lowest BCUT2D eigenvalue weighted by molar-refractivity contribution is -0.141. The molecule has 1 atom stereocenters. The van der Waals surface area contributed by atoms with Crippen LogP contribution in [0.4, 0.5) is 5.69 Å². The Hall–Kier alpha value is -1.75. The molecule has 0 radical (unpaired) electrons. The molecule has 0 bridgehead atoms. The van der Waals surface area contributed by atoms with Gasteiger partial charge in [-0.25, -0.2) is 0 Å². The van der Waals surface area contributed by atoms with Gasteiger partial charge in [0.2, 0.25) is 0 Å². The van der Waals surface area contributed by atoms with E-state index in [0.29, 0.717) is 13.1 Å². The van der Waals surface area contributed by atoms with Gasteiger partial charge in [-0.05, 0) is 19.1 Å². The first-order valence-electron chi connectivity index (χ1n) is 6.87. The number of hydrogen-bond donors (Lipinski definition) is 0. The number of amides is 1. The van der Waals surface area contributed by atoms with E-state index in [4.69, 9.17) is 9.47 Å². The number of rotatable bonds is 4. The lowest BCUT2D eigenvalue weighted by Crippen LogP contribution is -2.51. The molecule has 5 nitrogen and oxygen atoms in total. The number of nitrogens with zero attached hydrogens (tertiary/aromatic N) is 2. The zero-order chi connectivity index (χ0) is 14.5. The van der Waals surface area contributed by atoms with Crippen molar-refractivity contribution in [3.05, 3.63) is 24.3 Å². The van der Waals surface area contributed by atoms with Crippen molar-refractivity contribution < 1.29 is 14.3 Å². The lowest BCUT2D eigenvalue weighted by atomic mass is 10.2. The number of hydrogen-bond acceptors (Lipinski definition) is 4. The van der Waals surface area contributed by atoms with Crippen LogP contribution < -0.4 is 9.64 Å². The predicted molar refractivity (Wildman–Crippen MR) is 78.3 cm³/mol. The van der Waals surface area contributed by atoms with Crippen LogP contribution in [0.15, 0.2) is 24.3 Å². The second-order valence-corrected chi connectivity index (χ2v) is 4.86. The van der Waals surface area contributed by atoms with Crippen molar-refractivity contribution in [3.8, 4) is 5.75 Å². The molecular weight excluding hydrogens is 256 g/mol. The number of ether oxygens (including phenoxy) is 2. The van der Waals surface area contributed by atoms with E-state index in [1.54, 1.807) is 21.1 Å². The van der Waals surface area contributed by atoms with Crippen LogP contribution in [0.2, 0.25) is 0 Å². The third-order valence-electron chi connectivity index (χ3n) is 3.72. The number of carbonyl (C=O) groups is 1. The maximum Gasteiger partial charge on any atom is 0.251 e. The van der Waals surface area contributed by atoms with Crippen molar-refractivity contribution in [2.75, 3.05) is 45.3 Å². The zero-order valence-electron chi connectivity index (χ0n) is 12.3. The number of carbonyl (C=O) groups excluding carboxylic acids is 1. The fraction of sp³-hybridized carbons (Fsp3) is 0.533. The minimum atomic E-state index is -0.368. The maximum absolute atomic E-state index is 12.1. The van der Waals surface area contributed by atoms with Gasteiger partial charge >= 0.3 is 0 Å². The van der Waals surface area contributed by atoms with Crippen molar-refractivity contribution in [1.82, 2.24) is 4.90 Å². The zero-order valence-corrected chi connectivity index (χ0v) is 12.3. The number of benzene rings is 1. The monoisotopic (exact) mass is 278 g/mol. The highest BCUT2D eigenvalue weighted by Crippen LogP contribution is 2.28. The van der Waals surface area contributed by atoms with E-state index < -0.39 is 0 Å². The van der Waals surface area contributed by atoms with Crippen LogP contribution in [0.3, 0.4) is 0 Å². The standard InChI is InChI=1S/C15H22N2O3/c1-12(19-2)15(18)17-10-8-16(9-11-17)13-6-4-5-7-14(13)20-3/h4-7,12H,8-11H2,1-3H3. The summed E-state index contributed by atoms with van der Waals surface area (Å²) in [5.74, 6) is 0.935. The molecule has 1 aromatic rings. The molecule has 1 amide bonds. The molecule has 2 rings (SSSR count). The molecule has 5 heteroatoms. The third kappa shape index (κ3) is 3.04. The summed E-state index contributed by atoms with van der Waals surface area (Å²) >= 11 is 0. The van der Waals surface area contributed by atoms with Crippen LogP contribution in [0.1, 0.15) is 6.92 Å². The molecule has 0 spiro atoms. The Morgan fingerprint density at radius 3 is 2.40 bits per heavy atom. The Bertz CT molecular complexity index is 456. The van der Waals surface area contributed by atoms with E-state index in [0.717, 1.165) is 24.5 Å². The molecule has 1 heterocycles. The van der Waals surface area contributed by atoms with Gasteiger partial charge in [-0.2, -0.15) is 0 Å². The maximum atomic E-state index is 12.1. The molecule has 1 aromatic carbocycles. The van der Waals surface area contributed by atoms with Gasteiger partial charge in [0.25, 0.3) is 5.91 Å². The van der Waals surface area contributed by atoms with E-state index in [-0.39, 0.29) is 12.0 Å². The van der Waals surface area contributed by atoms with Gasteiger partial charge in [0.15, 0.2) is 0 Å². The van der Waals surface area contributed by atoms with Crippen LogP contribution in [0.5, 0.6) is 5.75 Å². The summed E-state index contributed by atoms with van der Waals surface area (Å²) in [5.41, 5.74) is 1.09. The van der Waals surface area contributed by atoms with E-state index in [2.05, 4.69) is 4.90 Å². The van der Waals surface area contributed by atoms with Crippen molar-refractivity contribution in [3.63, 3.8) is 0 Å². The smallest absolute Gasteiger partial charge is 0.251 e.